The van der Waals surface area contributed by atoms with Crippen molar-refractivity contribution in [2.75, 3.05) is 0 Å². The molecule has 2 amide bonds. The van der Waals surface area contributed by atoms with Crippen LogP contribution in [0.5, 0.6) is 0 Å². The van der Waals surface area contributed by atoms with Crippen molar-refractivity contribution in [1.29, 1.82) is 0 Å². The lowest BCUT2D eigenvalue weighted by atomic mass is 9.85. The molecule has 110 valence electrons. The van der Waals surface area contributed by atoms with Crippen molar-refractivity contribution in [3.8, 4) is 0 Å². The van der Waals surface area contributed by atoms with Crippen molar-refractivity contribution in [1.82, 2.24) is 10.6 Å². The highest BCUT2D eigenvalue weighted by molar-refractivity contribution is 5.76. The third-order valence-corrected chi connectivity index (χ3v) is 3.76. The lowest BCUT2D eigenvalue weighted by Crippen LogP contribution is -2.50. The molecule has 5 heteroatoms. The van der Waals surface area contributed by atoms with Crippen LogP contribution in [0.4, 0.5) is 4.79 Å². The maximum Gasteiger partial charge on any atom is 0.315 e. The highest BCUT2D eigenvalue weighted by Crippen LogP contribution is 2.25. The zero-order valence-electron chi connectivity index (χ0n) is 12.3. The Morgan fingerprint density at radius 1 is 1.32 bits per heavy atom. The fourth-order valence-corrected chi connectivity index (χ4v) is 2.47. The van der Waals surface area contributed by atoms with E-state index in [2.05, 4.69) is 17.6 Å². The molecular formula is C14H26N2O3. The quantitative estimate of drug-likeness (QED) is 0.733. The van der Waals surface area contributed by atoms with Crippen molar-refractivity contribution < 1.29 is 14.7 Å². The number of aliphatic carboxylic acids is 1. The van der Waals surface area contributed by atoms with Crippen LogP contribution in [0.25, 0.3) is 0 Å². The van der Waals surface area contributed by atoms with Crippen LogP contribution in [0.15, 0.2) is 0 Å². The maximum atomic E-state index is 11.9. The summed E-state index contributed by atoms with van der Waals surface area (Å²) in [5.41, 5.74) is -0.279. The molecule has 1 fully saturated rings. The van der Waals surface area contributed by atoms with Gasteiger partial charge in [-0.1, -0.05) is 27.7 Å². The van der Waals surface area contributed by atoms with Gasteiger partial charge in [0.2, 0.25) is 0 Å². The third-order valence-electron chi connectivity index (χ3n) is 3.76. The van der Waals surface area contributed by atoms with E-state index in [0.717, 1.165) is 19.3 Å². The third kappa shape index (κ3) is 5.49. The Labute approximate surface area is 115 Å². The Kier molecular flexibility index (Phi) is 5.20. The smallest absolute Gasteiger partial charge is 0.315 e. The van der Waals surface area contributed by atoms with E-state index in [1.807, 2.05) is 20.8 Å². The summed E-state index contributed by atoms with van der Waals surface area (Å²) in [6, 6.07) is -0.399. The van der Waals surface area contributed by atoms with Gasteiger partial charge >= 0.3 is 12.0 Å². The second kappa shape index (κ2) is 6.26. The first-order valence-corrected chi connectivity index (χ1v) is 6.97. The molecule has 1 rings (SSSR count). The van der Waals surface area contributed by atoms with E-state index in [1.54, 1.807) is 0 Å². The van der Waals surface area contributed by atoms with Crippen LogP contribution in [0, 0.1) is 11.3 Å². The fraction of sp³-hybridized carbons (Fsp3) is 0.857. The number of urea groups is 1. The zero-order chi connectivity index (χ0) is 14.6. The van der Waals surface area contributed by atoms with E-state index < -0.39 is 5.97 Å². The van der Waals surface area contributed by atoms with Crippen LogP contribution in [0.3, 0.4) is 0 Å². The Bertz CT molecular complexity index is 336. The number of carbonyl (C=O) groups excluding carboxylic acids is 1. The summed E-state index contributed by atoms with van der Waals surface area (Å²) in [4.78, 5) is 22.8. The summed E-state index contributed by atoms with van der Waals surface area (Å²) in [5.74, 6) is -0.238. The summed E-state index contributed by atoms with van der Waals surface area (Å²) in [6.07, 6.45) is 3.10. The summed E-state index contributed by atoms with van der Waals surface area (Å²) < 4.78 is 0. The molecule has 0 radical (unpaired) electrons. The van der Waals surface area contributed by atoms with Gasteiger partial charge in [0.05, 0.1) is 6.42 Å². The molecule has 0 aliphatic heterocycles. The molecule has 0 aromatic rings. The summed E-state index contributed by atoms with van der Waals surface area (Å²) >= 11 is 0. The molecule has 0 heterocycles. The Hall–Kier alpha value is -1.26. The molecule has 0 aromatic carbocycles. The average molecular weight is 270 g/mol. The zero-order valence-corrected chi connectivity index (χ0v) is 12.3. The second-order valence-corrected chi connectivity index (χ2v) is 6.75. The van der Waals surface area contributed by atoms with Gasteiger partial charge in [-0.05, 0) is 30.6 Å². The molecule has 5 nitrogen and oxygen atoms in total. The number of carboxylic acid groups (broad SMARTS) is 1. The number of rotatable bonds is 4. The average Bonchev–Trinajstić information content (AvgIpc) is 2.60. The van der Waals surface area contributed by atoms with E-state index in [9.17, 15) is 9.59 Å². The van der Waals surface area contributed by atoms with Gasteiger partial charge in [0.15, 0.2) is 0 Å². The van der Waals surface area contributed by atoms with E-state index in [0.29, 0.717) is 5.92 Å². The standard InChI is InChI=1S/C14H26N2O3/c1-9-5-6-10(7-9)15-13(19)16-11(8-12(17)18)14(2,3)4/h9-11H,5-8H2,1-4H3,(H,17,18)(H2,15,16,19). The minimum Gasteiger partial charge on any atom is -0.481 e. The van der Waals surface area contributed by atoms with Crippen LogP contribution in [-0.2, 0) is 4.79 Å². The maximum absolute atomic E-state index is 11.9. The molecular weight excluding hydrogens is 244 g/mol. The van der Waals surface area contributed by atoms with Crippen molar-refractivity contribution in [3.05, 3.63) is 0 Å². The minimum absolute atomic E-state index is 0.0576. The second-order valence-electron chi connectivity index (χ2n) is 6.75. The number of carbonyl (C=O) groups is 2. The summed E-state index contributed by atoms with van der Waals surface area (Å²) in [7, 11) is 0. The molecule has 1 aliphatic rings. The predicted octanol–water partition coefficient (Wildman–Crippen LogP) is 2.36. The molecule has 1 saturated carbocycles. The minimum atomic E-state index is -0.894. The molecule has 3 unspecified atom stereocenters. The van der Waals surface area contributed by atoms with Crippen molar-refractivity contribution in [3.63, 3.8) is 0 Å². The predicted molar refractivity (Wildman–Crippen MR) is 74.0 cm³/mol. The van der Waals surface area contributed by atoms with E-state index >= 15 is 0 Å². The van der Waals surface area contributed by atoms with Crippen LogP contribution in [-0.4, -0.2) is 29.2 Å². The largest absolute Gasteiger partial charge is 0.481 e. The SMILES string of the molecule is CC1CCC(NC(=O)NC(CC(=O)O)C(C)(C)C)C1. The Morgan fingerprint density at radius 2 is 1.95 bits per heavy atom. The van der Waals surface area contributed by atoms with Gasteiger partial charge in [0, 0.05) is 12.1 Å². The monoisotopic (exact) mass is 270 g/mol. The van der Waals surface area contributed by atoms with Gasteiger partial charge in [-0.25, -0.2) is 4.79 Å². The van der Waals surface area contributed by atoms with Gasteiger partial charge in [-0.15, -0.1) is 0 Å². The van der Waals surface area contributed by atoms with E-state index in [1.165, 1.54) is 0 Å². The first-order valence-electron chi connectivity index (χ1n) is 6.97. The number of hydrogen-bond acceptors (Lipinski definition) is 2. The van der Waals surface area contributed by atoms with Gasteiger partial charge in [0.25, 0.3) is 0 Å². The number of nitrogens with one attached hydrogen (secondary N) is 2. The number of carboxylic acids is 1. The molecule has 3 atom stereocenters. The molecule has 0 saturated heterocycles. The lowest BCUT2D eigenvalue weighted by Gasteiger charge is -2.30. The molecule has 19 heavy (non-hydrogen) atoms. The first-order chi connectivity index (χ1) is 8.68. The van der Waals surface area contributed by atoms with Crippen molar-refractivity contribution in [2.45, 2.75) is 65.5 Å². The van der Waals surface area contributed by atoms with Gasteiger partial charge < -0.3 is 15.7 Å². The normalized spacial score (nSPS) is 24.8. The number of hydrogen-bond donors (Lipinski definition) is 3. The van der Waals surface area contributed by atoms with Crippen molar-refractivity contribution >= 4 is 12.0 Å². The Balaban J connectivity index is 2.49. The molecule has 0 bridgehead atoms. The van der Waals surface area contributed by atoms with Crippen LogP contribution >= 0.6 is 0 Å². The molecule has 0 spiro atoms. The summed E-state index contributed by atoms with van der Waals surface area (Å²) in [5, 5.41) is 14.6. The van der Waals surface area contributed by atoms with Crippen molar-refractivity contribution in [2.24, 2.45) is 11.3 Å². The van der Waals surface area contributed by atoms with E-state index in [-0.39, 0.29) is 30.0 Å². The highest BCUT2D eigenvalue weighted by atomic mass is 16.4. The van der Waals surface area contributed by atoms with Gasteiger partial charge in [-0.3, -0.25) is 4.79 Å². The molecule has 3 N–H and O–H groups in total. The van der Waals surface area contributed by atoms with Gasteiger partial charge in [-0.2, -0.15) is 0 Å². The highest BCUT2D eigenvalue weighted by Gasteiger charge is 2.30. The molecule has 1 aliphatic carbocycles. The fourth-order valence-electron chi connectivity index (χ4n) is 2.47. The topological polar surface area (TPSA) is 78.4 Å². The van der Waals surface area contributed by atoms with Gasteiger partial charge in [0.1, 0.15) is 0 Å². The van der Waals surface area contributed by atoms with Crippen LogP contribution in [0.2, 0.25) is 0 Å². The lowest BCUT2D eigenvalue weighted by molar-refractivity contribution is -0.138. The van der Waals surface area contributed by atoms with Crippen LogP contribution in [0.1, 0.15) is 53.4 Å². The number of amides is 2. The van der Waals surface area contributed by atoms with E-state index in [4.69, 9.17) is 5.11 Å². The molecule has 0 aromatic heterocycles. The Morgan fingerprint density at radius 3 is 2.37 bits per heavy atom. The summed E-state index contributed by atoms with van der Waals surface area (Å²) in [6.45, 7) is 7.97. The van der Waals surface area contributed by atoms with Crippen LogP contribution < -0.4 is 10.6 Å². The first kappa shape index (κ1) is 15.8.